The fourth-order valence-corrected chi connectivity index (χ4v) is 3.65. The molecule has 0 bridgehead atoms. The largest absolute Gasteiger partial charge is 0.416 e. The Morgan fingerprint density at radius 2 is 1.96 bits per heavy atom. The monoisotopic (exact) mass is 391 g/mol. The summed E-state index contributed by atoms with van der Waals surface area (Å²) in [4.78, 5) is 27.4. The molecular weight excluding hydrogens is 375 g/mol. The fourth-order valence-electron chi connectivity index (χ4n) is 3.00. The van der Waals surface area contributed by atoms with Crippen molar-refractivity contribution in [1.29, 1.82) is 0 Å². The molecule has 0 N–H and O–H groups in total. The first-order chi connectivity index (χ1) is 12.7. The van der Waals surface area contributed by atoms with Crippen LogP contribution in [0.5, 0.6) is 0 Å². The Bertz CT molecular complexity index is 956. The number of allylic oxidation sites excluding steroid dienone is 1. The van der Waals surface area contributed by atoms with Gasteiger partial charge in [0.25, 0.3) is 5.91 Å². The van der Waals surface area contributed by atoms with Gasteiger partial charge in [0.05, 0.1) is 16.7 Å². The summed E-state index contributed by atoms with van der Waals surface area (Å²) in [6.07, 6.45) is -2.71. The molecule has 27 heavy (non-hydrogen) atoms. The van der Waals surface area contributed by atoms with Gasteiger partial charge in [-0.1, -0.05) is 19.1 Å². The van der Waals surface area contributed by atoms with Gasteiger partial charge in [0.1, 0.15) is 0 Å². The Hall–Kier alpha value is -2.67. The van der Waals surface area contributed by atoms with Gasteiger partial charge >= 0.3 is 6.18 Å². The first-order valence-electron chi connectivity index (χ1n) is 8.25. The van der Waals surface area contributed by atoms with Gasteiger partial charge < -0.3 is 0 Å². The van der Waals surface area contributed by atoms with E-state index in [1.165, 1.54) is 28.4 Å². The van der Waals surface area contributed by atoms with Crippen LogP contribution in [0.4, 0.5) is 18.9 Å². The Morgan fingerprint density at radius 1 is 1.22 bits per heavy atom. The maximum Gasteiger partial charge on any atom is 0.416 e. The van der Waals surface area contributed by atoms with Crippen LogP contribution in [0.15, 0.2) is 58.6 Å². The van der Waals surface area contributed by atoms with E-state index < -0.39 is 17.6 Å². The van der Waals surface area contributed by atoms with Gasteiger partial charge in [0.2, 0.25) is 0 Å². The molecule has 0 unspecified atom stereocenters. The highest BCUT2D eigenvalue weighted by atomic mass is 32.1. The summed E-state index contributed by atoms with van der Waals surface area (Å²) < 4.78 is 39.2. The molecular formula is C20H16F3NO2S. The number of ketones is 1. The Kier molecular flexibility index (Phi) is 5.06. The van der Waals surface area contributed by atoms with E-state index in [4.69, 9.17) is 0 Å². The van der Waals surface area contributed by atoms with Crippen molar-refractivity contribution in [3.05, 3.63) is 69.1 Å². The predicted octanol–water partition coefficient (Wildman–Crippen LogP) is 5.45. The lowest BCUT2D eigenvalue weighted by atomic mass is 10.0. The number of hydrogen-bond acceptors (Lipinski definition) is 3. The molecule has 1 aromatic heterocycles. The summed E-state index contributed by atoms with van der Waals surface area (Å²) in [5, 5.41) is 1.84. The third kappa shape index (κ3) is 3.60. The summed E-state index contributed by atoms with van der Waals surface area (Å²) in [5.41, 5.74) is 0.0458. The van der Waals surface area contributed by atoms with Crippen molar-refractivity contribution in [2.24, 2.45) is 0 Å². The SMILES string of the molecule is CCC(=O)C1=C(C)N(c2cccc(C(F)(F)F)c2)C(=O)/C1=C\c1cccs1. The summed E-state index contributed by atoms with van der Waals surface area (Å²) in [7, 11) is 0. The van der Waals surface area contributed by atoms with E-state index in [0.29, 0.717) is 5.70 Å². The molecule has 1 aliphatic heterocycles. The number of amides is 1. The van der Waals surface area contributed by atoms with Crippen LogP contribution in [0.3, 0.4) is 0 Å². The van der Waals surface area contributed by atoms with E-state index in [2.05, 4.69) is 0 Å². The second-order valence-corrected chi connectivity index (χ2v) is 6.98. The Labute approximate surface area is 158 Å². The molecule has 1 aromatic carbocycles. The number of alkyl halides is 3. The van der Waals surface area contributed by atoms with Crippen LogP contribution in [0, 0.1) is 0 Å². The number of benzene rings is 1. The molecule has 0 aliphatic carbocycles. The molecule has 0 saturated heterocycles. The number of rotatable bonds is 4. The number of thiophene rings is 1. The molecule has 0 atom stereocenters. The van der Waals surface area contributed by atoms with Crippen molar-refractivity contribution in [3.8, 4) is 0 Å². The number of nitrogens with zero attached hydrogens (tertiary/aromatic N) is 1. The van der Waals surface area contributed by atoms with Crippen LogP contribution in [0.25, 0.3) is 6.08 Å². The van der Waals surface area contributed by atoms with Gasteiger partial charge in [-0.2, -0.15) is 13.2 Å². The van der Waals surface area contributed by atoms with Crippen molar-refractivity contribution in [3.63, 3.8) is 0 Å². The van der Waals surface area contributed by atoms with Gasteiger partial charge in [-0.3, -0.25) is 14.5 Å². The topological polar surface area (TPSA) is 37.4 Å². The maximum absolute atomic E-state index is 13.1. The van der Waals surface area contributed by atoms with Crippen molar-refractivity contribution < 1.29 is 22.8 Å². The number of Topliss-reactive ketones (excluding diaryl/α,β-unsaturated/α-hetero) is 1. The third-order valence-electron chi connectivity index (χ3n) is 4.26. The van der Waals surface area contributed by atoms with E-state index in [1.807, 2.05) is 11.4 Å². The summed E-state index contributed by atoms with van der Waals surface area (Å²) >= 11 is 1.41. The minimum absolute atomic E-state index is 0.0864. The minimum Gasteiger partial charge on any atom is -0.294 e. The van der Waals surface area contributed by atoms with Crippen LogP contribution in [-0.4, -0.2) is 11.7 Å². The summed E-state index contributed by atoms with van der Waals surface area (Å²) in [6, 6.07) is 8.17. The molecule has 3 nitrogen and oxygen atoms in total. The van der Waals surface area contributed by atoms with Gasteiger partial charge in [-0.25, -0.2) is 0 Å². The number of halogens is 3. The first-order valence-corrected chi connectivity index (χ1v) is 9.13. The highest BCUT2D eigenvalue weighted by molar-refractivity contribution is 7.10. The van der Waals surface area contributed by atoms with Crippen LogP contribution < -0.4 is 4.90 Å². The molecule has 0 spiro atoms. The molecule has 2 aromatic rings. The van der Waals surface area contributed by atoms with Crippen LogP contribution in [0.1, 0.15) is 30.7 Å². The second-order valence-electron chi connectivity index (χ2n) is 6.00. The lowest BCUT2D eigenvalue weighted by Crippen LogP contribution is -2.24. The average molecular weight is 391 g/mol. The molecule has 1 amide bonds. The first kappa shape index (κ1) is 19.1. The molecule has 7 heteroatoms. The molecule has 0 radical (unpaired) electrons. The molecule has 0 saturated carbocycles. The van der Waals surface area contributed by atoms with Gasteiger partial charge in [-0.15, -0.1) is 11.3 Å². The fraction of sp³-hybridized carbons (Fsp3) is 0.200. The third-order valence-corrected chi connectivity index (χ3v) is 5.08. The standard InChI is InChI=1S/C20H16F3NO2S/c1-3-17(25)18-12(2)24(14-7-4-6-13(10-14)20(21,22)23)19(26)16(18)11-15-8-5-9-27-15/h4-11H,3H2,1-2H3/b16-11-. The quantitative estimate of drug-likeness (QED) is 0.650. The van der Waals surface area contributed by atoms with Crippen molar-refractivity contribution >= 4 is 34.8 Å². The van der Waals surface area contributed by atoms with Crippen molar-refractivity contribution in [2.45, 2.75) is 26.4 Å². The van der Waals surface area contributed by atoms with E-state index in [-0.39, 0.29) is 29.0 Å². The zero-order valence-corrected chi connectivity index (χ0v) is 15.4. The van der Waals surface area contributed by atoms with Gasteiger partial charge in [-0.05, 0) is 42.6 Å². The number of carbonyl (C=O) groups excluding carboxylic acids is 2. The normalized spacial score (nSPS) is 16.6. The average Bonchev–Trinajstić information content (AvgIpc) is 3.21. The zero-order valence-electron chi connectivity index (χ0n) is 14.6. The molecule has 1 aliphatic rings. The van der Waals surface area contributed by atoms with E-state index in [0.717, 1.165) is 17.0 Å². The van der Waals surface area contributed by atoms with Crippen molar-refractivity contribution in [1.82, 2.24) is 0 Å². The number of anilines is 1. The van der Waals surface area contributed by atoms with E-state index in [1.54, 1.807) is 26.0 Å². The summed E-state index contributed by atoms with van der Waals surface area (Å²) in [6.45, 7) is 3.26. The molecule has 140 valence electrons. The highest BCUT2D eigenvalue weighted by Crippen LogP contribution is 2.38. The Morgan fingerprint density at radius 3 is 2.56 bits per heavy atom. The maximum atomic E-state index is 13.1. The van der Waals surface area contributed by atoms with Gasteiger partial charge in [0.15, 0.2) is 5.78 Å². The lowest BCUT2D eigenvalue weighted by Gasteiger charge is -2.19. The minimum atomic E-state index is -4.52. The van der Waals surface area contributed by atoms with Crippen LogP contribution in [-0.2, 0) is 15.8 Å². The van der Waals surface area contributed by atoms with Crippen molar-refractivity contribution in [2.75, 3.05) is 4.90 Å². The van der Waals surface area contributed by atoms with E-state index in [9.17, 15) is 22.8 Å². The molecule has 0 fully saturated rings. The lowest BCUT2D eigenvalue weighted by molar-refractivity contribution is -0.137. The van der Waals surface area contributed by atoms with Crippen LogP contribution in [0.2, 0.25) is 0 Å². The highest BCUT2D eigenvalue weighted by Gasteiger charge is 2.38. The zero-order chi connectivity index (χ0) is 19.8. The smallest absolute Gasteiger partial charge is 0.294 e. The number of hydrogen-bond donors (Lipinski definition) is 0. The van der Waals surface area contributed by atoms with Gasteiger partial charge in [0, 0.05) is 22.7 Å². The van der Waals surface area contributed by atoms with E-state index >= 15 is 0 Å². The number of carbonyl (C=O) groups is 2. The Balaban J connectivity index is 2.14. The summed E-state index contributed by atoms with van der Waals surface area (Å²) in [5.74, 6) is -0.727. The molecule has 3 rings (SSSR count). The predicted molar refractivity (Wildman–Crippen MR) is 99.2 cm³/mol. The van der Waals surface area contributed by atoms with Crippen LogP contribution >= 0.6 is 11.3 Å². The molecule has 2 heterocycles. The second kappa shape index (κ2) is 7.15.